The number of piperidine rings is 1. The SMILES string of the molecule is CC[C@H]1CN(c2nc(N)c(C(=O)NC)nc2Cl)CCN1C1CCN([C@@H](CO)c2ccc(Cl)cc2)CC1. The number of nitrogens with two attached hydrogens (primary N) is 1. The summed E-state index contributed by atoms with van der Waals surface area (Å²) in [7, 11) is 1.52. The van der Waals surface area contributed by atoms with E-state index in [1.807, 2.05) is 24.3 Å². The number of hydrogen-bond donors (Lipinski definition) is 3. The predicted octanol–water partition coefficient (Wildman–Crippen LogP) is 2.82. The number of aliphatic hydroxyl groups excluding tert-OH is 1. The topological polar surface area (TPSA) is 111 Å². The highest BCUT2D eigenvalue weighted by Gasteiger charge is 2.35. The van der Waals surface area contributed by atoms with Crippen LogP contribution in [0, 0.1) is 0 Å². The van der Waals surface area contributed by atoms with E-state index in [1.165, 1.54) is 7.05 Å². The summed E-state index contributed by atoms with van der Waals surface area (Å²) in [6, 6.07) is 8.60. The summed E-state index contributed by atoms with van der Waals surface area (Å²) in [5, 5.41) is 13.5. The van der Waals surface area contributed by atoms with E-state index < -0.39 is 5.91 Å². The summed E-state index contributed by atoms with van der Waals surface area (Å²) in [4.78, 5) is 27.8. The number of nitrogens with one attached hydrogen (secondary N) is 1. The minimum absolute atomic E-state index is 0.00836. The largest absolute Gasteiger partial charge is 0.394 e. The summed E-state index contributed by atoms with van der Waals surface area (Å²) in [5.74, 6) is 0.203. The number of hydrogen-bond acceptors (Lipinski definition) is 8. The normalized spacial score (nSPS) is 20.9. The molecule has 0 bridgehead atoms. The number of rotatable bonds is 7. The minimum Gasteiger partial charge on any atom is -0.394 e. The number of halogens is 2. The second-order valence-corrected chi connectivity index (χ2v) is 10.2. The van der Waals surface area contributed by atoms with Gasteiger partial charge in [-0.05, 0) is 37.0 Å². The first-order valence-corrected chi connectivity index (χ1v) is 13.3. The first kappa shape index (κ1) is 26.9. The highest BCUT2D eigenvalue weighted by Crippen LogP contribution is 2.31. The Balaban J connectivity index is 1.40. The Morgan fingerprint density at radius 1 is 1.17 bits per heavy atom. The molecule has 9 nitrogen and oxygen atoms in total. The van der Waals surface area contributed by atoms with Crippen molar-refractivity contribution in [2.45, 2.75) is 44.3 Å². The molecule has 0 spiro atoms. The van der Waals surface area contributed by atoms with Crippen molar-refractivity contribution in [2.24, 2.45) is 0 Å². The van der Waals surface area contributed by atoms with Crippen molar-refractivity contribution in [1.82, 2.24) is 25.1 Å². The molecule has 1 amide bonds. The Bertz CT molecular complexity index is 1050. The number of likely N-dealkylation sites (tertiary alicyclic amines) is 1. The number of benzene rings is 1. The van der Waals surface area contributed by atoms with Crippen LogP contribution in [0.25, 0.3) is 0 Å². The molecule has 2 aliphatic heterocycles. The number of amides is 1. The average molecular weight is 537 g/mol. The third-order valence-corrected chi connectivity index (χ3v) is 7.95. The molecule has 1 aromatic carbocycles. The number of aromatic nitrogens is 2. The maximum absolute atomic E-state index is 12.0. The molecule has 0 aliphatic carbocycles. The van der Waals surface area contributed by atoms with Crippen LogP contribution in [0.5, 0.6) is 0 Å². The van der Waals surface area contributed by atoms with Crippen LogP contribution in [0.3, 0.4) is 0 Å². The molecule has 0 saturated carbocycles. The molecule has 0 unspecified atom stereocenters. The maximum Gasteiger partial charge on any atom is 0.273 e. The Kier molecular flexibility index (Phi) is 8.90. The highest BCUT2D eigenvalue weighted by atomic mass is 35.5. The maximum atomic E-state index is 12.0. The van der Waals surface area contributed by atoms with Gasteiger partial charge in [-0.1, -0.05) is 42.3 Å². The smallest absolute Gasteiger partial charge is 0.273 e. The van der Waals surface area contributed by atoms with Crippen LogP contribution >= 0.6 is 23.2 Å². The molecule has 3 heterocycles. The molecule has 2 aliphatic rings. The van der Waals surface area contributed by atoms with Crippen molar-refractivity contribution in [3.63, 3.8) is 0 Å². The van der Waals surface area contributed by atoms with Gasteiger partial charge in [0.1, 0.15) is 0 Å². The van der Waals surface area contributed by atoms with Gasteiger partial charge in [-0.15, -0.1) is 0 Å². The molecule has 0 radical (unpaired) electrons. The van der Waals surface area contributed by atoms with Gasteiger partial charge in [0, 0.05) is 56.9 Å². The Labute approximate surface area is 222 Å². The second-order valence-electron chi connectivity index (χ2n) is 9.41. The van der Waals surface area contributed by atoms with Crippen LogP contribution in [0.15, 0.2) is 24.3 Å². The molecule has 36 heavy (non-hydrogen) atoms. The van der Waals surface area contributed by atoms with Gasteiger partial charge in [-0.3, -0.25) is 14.6 Å². The lowest BCUT2D eigenvalue weighted by atomic mass is 9.96. The molecule has 1 aromatic heterocycles. The number of aliphatic hydroxyl groups is 1. The van der Waals surface area contributed by atoms with E-state index in [0.29, 0.717) is 22.9 Å². The van der Waals surface area contributed by atoms with Gasteiger partial charge >= 0.3 is 0 Å². The Hall–Kier alpha value is -2.17. The lowest BCUT2D eigenvalue weighted by molar-refractivity contribution is 0.0356. The van der Waals surface area contributed by atoms with Crippen molar-refractivity contribution in [3.05, 3.63) is 45.7 Å². The van der Waals surface area contributed by atoms with Crippen molar-refractivity contribution >= 4 is 40.7 Å². The van der Waals surface area contributed by atoms with E-state index in [-0.39, 0.29) is 29.3 Å². The van der Waals surface area contributed by atoms with E-state index in [4.69, 9.17) is 28.9 Å². The quantitative estimate of drug-likeness (QED) is 0.496. The number of piperazine rings is 1. The summed E-state index contributed by atoms with van der Waals surface area (Å²) < 4.78 is 0. The summed E-state index contributed by atoms with van der Waals surface area (Å²) in [6.07, 6.45) is 3.10. The summed E-state index contributed by atoms with van der Waals surface area (Å²) >= 11 is 12.5. The van der Waals surface area contributed by atoms with Crippen LogP contribution in [0.2, 0.25) is 10.2 Å². The van der Waals surface area contributed by atoms with Gasteiger partial charge in [0.05, 0.1) is 12.6 Å². The highest BCUT2D eigenvalue weighted by molar-refractivity contribution is 6.32. The van der Waals surface area contributed by atoms with Gasteiger partial charge < -0.3 is 21.1 Å². The fourth-order valence-electron chi connectivity index (χ4n) is 5.46. The first-order chi connectivity index (χ1) is 17.4. The van der Waals surface area contributed by atoms with Gasteiger partial charge in [-0.25, -0.2) is 9.97 Å². The van der Waals surface area contributed by atoms with E-state index in [0.717, 1.165) is 57.5 Å². The predicted molar refractivity (Wildman–Crippen MR) is 144 cm³/mol. The number of nitrogen functional groups attached to an aromatic ring is 1. The molecular weight excluding hydrogens is 501 g/mol. The third kappa shape index (κ3) is 5.70. The van der Waals surface area contributed by atoms with Gasteiger partial charge in [-0.2, -0.15) is 0 Å². The molecule has 196 valence electrons. The number of carbonyl (C=O) groups excluding carboxylic acids is 1. The van der Waals surface area contributed by atoms with Crippen LogP contribution in [-0.4, -0.2) is 89.2 Å². The average Bonchev–Trinajstić information content (AvgIpc) is 2.91. The van der Waals surface area contributed by atoms with E-state index in [1.54, 1.807) is 0 Å². The van der Waals surface area contributed by atoms with Crippen molar-refractivity contribution in [3.8, 4) is 0 Å². The zero-order chi connectivity index (χ0) is 25.8. The van der Waals surface area contributed by atoms with Crippen LogP contribution in [0.1, 0.15) is 48.3 Å². The number of carbonyl (C=O) groups is 1. The zero-order valence-corrected chi connectivity index (χ0v) is 22.3. The molecule has 4 N–H and O–H groups in total. The lowest BCUT2D eigenvalue weighted by Crippen LogP contribution is -2.58. The minimum atomic E-state index is -0.407. The number of anilines is 2. The second kappa shape index (κ2) is 11.9. The standard InChI is InChI=1S/C25H35Cl2N7O2/c1-3-18-14-33(24-22(27)30-21(23(28)31-24)25(36)29-2)12-13-34(18)19-8-10-32(11-9-19)20(15-35)16-4-6-17(26)7-5-16/h4-7,18-20,35H,3,8-15H2,1-2H3,(H2,28,31)(H,29,36)/t18-,20-/m0/s1. The summed E-state index contributed by atoms with van der Waals surface area (Å²) in [6.45, 7) is 6.58. The molecule has 4 rings (SSSR count). The molecule has 2 fully saturated rings. The van der Waals surface area contributed by atoms with Gasteiger partial charge in [0.2, 0.25) is 0 Å². The van der Waals surface area contributed by atoms with E-state index in [9.17, 15) is 9.90 Å². The summed E-state index contributed by atoms with van der Waals surface area (Å²) in [5.41, 5.74) is 7.17. The Morgan fingerprint density at radius 3 is 2.47 bits per heavy atom. The van der Waals surface area contributed by atoms with Gasteiger partial charge in [0.15, 0.2) is 22.5 Å². The molecule has 2 atom stereocenters. The fourth-order valence-corrected chi connectivity index (χ4v) is 5.83. The molecule has 2 aromatic rings. The van der Waals surface area contributed by atoms with Crippen LogP contribution in [0.4, 0.5) is 11.6 Å². The van der Waals surface area contributed by atoms with Crippen molar-refractivity contribution < 1.29 is 9.90 Å². The van der Waals surface area contributed by atoms with E-state index in [2.05, 4.69) is 36.9 Å². The first-order valence-electron chi connectivity index (χ1n) is 12.5. The molecule has 11 heteroatoms. The fraction of sp³-hybridized carbons (Fsp3) is 0.560. The monoisotopic (exact) mass is 535 g/mol. The molecular formula is C25H35Cl2N7O2. The molecule has 2 saturated heterocycles. The third-order valence-electron chi connectivity index (χ3n) is 7.44. The zero-order valence-electron chi connectivity index (χ0n) is 20.8. The van der Waals surface area contributed by atoms with Crippen LogP contribution in [-0.2, 0) is 0 Å². The van der Waals surface area contributed by atoms with Gasteiger partial charge in [0.25, 0.3) is 5.91 Å². The number of nitrogens with zero attached hydrogens (tertiary/aromatic N) is 5. The lowest BCUT2D eigenvalue weighted by Gasteiger charge is -2.48. The van der Waals surface area contributed by atoms with E-state index >= 15 is 0 Å². The Morgan fingerprint density at radius 2 is 1.86 bits per heavy atom. The van der Waals surface area contributed by atoms with Crippen molar-refractivity contribution in [2.75, 3.05) is 57.0 Å². The van der Waals surface area contributed by atoms with Crippen molar-refractivity contribution in [1.29, 1.82) is 0 Å². The van der Waals surface area contributed by atoms with Crippen LogP contribution < -0.4 is 16.0 Å².